The Morgan fingerprint density at radius 3 is 2.40 bits per heavy atom. The van der Waals surface area contributed by atoms with Crippen molar-refractivity contribution < 1.29 is 52.4 Å². The Hall–Kier alpha value is -3.47. The monoisotopic (exact) mass is 654 g/mol. The van der Waals surface area contributed by atoms with Gasteiger partial charge in [-0.05, 0) is 42.7 Å². The van der Waals surface area contributed by atoms with Crippen LogP contribution < -0.4 is 0 Å². The Morgan fingerprint density at radius 1 is 1.11 bits per heavy atom. The molecule has 0 radical (unpaired) electrons. The van der Waals surface area contributed by atoms with Crippen LogP contribution in [-0.4, -0.2) is 59.2 Å². The van der Waals surface area contributed by atoms with Crippen LogP contribution >= 0.6 is 0 Å². The number of rotatable bonds is 8. The van der Waals surface area contributed by atoms with Gasteiger partial charge < -0.3 is 28.5 Å². The third-order valence-corrected chi connectivity index (χ3v) is 12.8. The van der Waals surface area contributed by atoms with Gasteiger partial charge in [0.2, 0.25) is 5.60 Å². The lowest BCUT2D eigenvalue weighted by Gasteiger charge is -2.66. The van der Waals surface area contributed by atoms with Gasteiger partial charge in [0, 0.05) is 40.2 Å². The van der Waals surface area contributed by atoms with Crippen LogP contribution in [0.5, 0.6) is 0 Å². The summed E-state index contributed by atoms with van der Waals surface area (Å²) < 4.78 is 29.0. The lowest BCUT2D eigenvalue weighted by Crippen LogP contribution is -2.79. The van der Waals surface area contributed by atoms with Crippen molar-refractivity contribution in [3.63, 3.8) is 0 Å². The number of carbonyl (C=O) groups excluding carboxylic acids is 5. The highest BCUT2D eigenvalue weighted by molar-refractivity contribution is 6.08. The molecule has 1 saturated heterocycles. The fourth-order valence-corrected chi connectivity index (χ4v) is 10.2. The first-order chi connectivity index (χ1) is 22.0. The summed E-state index contributed by atoms with van der Waals surface area (Å²) in [7, 11) is 1.29. The lowest BCUT2D eigenvalue weighted by molar-refractivity contribution is -0.280. The van der Waals surface area contributed by atoms with Gasteiger partial charge in [0.15, 0.2) is 11.4 Å². The Labute approximate surface area is 274 Å². The van der Waals surface area contributed by atoms with Gasteiger partial charge in [-0.2, -0.15) is 0 Å². The number of Topliss-reactive ketones (excluding diaryl/α,β-unsaturated/α-hetero) is 1. The van der Waals surface area contributed by atoms with Crippen molar-refractivity contribution in [2.75, 3.05) is 7.11 Å². The number of esters is 4. The van der Waals surface area contributed by atoms with E-state index >= 15 is 4.79 Å². The van der Waals surface area contributed by atoms with Crippen molar-refractivity contribution in [3.05, 3.63) is 35.3 Å². The summed E-state index contributed by atoms with van der Waals surface area (Å²) in [4.78, 5) is 68.9. The highest BCUT2D eigenvalue weighted by Crippen LogP contribution is 2.81. The number of furan rings is 1. The van der Waals surface area contributed by atoms with E-state index in [1.165, 1.54) is 19.6 Å². The van der Waals surface area contributed by atoms with Crippen molar-refractivity contribution in [3.8, 4) is 0 Å². The third kappa shape index (κ3) is 4.10. The first-order valence-corrected chi connectivity index (χ1v) is 16.7. The average molecular weight is 655 g/mol. The van der Waals surface area contributed by atoms with E-state index in [2.05, 4.69) is 0 Å². The molecule has 1 aliphatic heterocycles. The van der Waals surface area contributed by atoms with Crippen LogP contribution in [-0.2, 0) is 42.9 Å². The number of hydrogen-bond donors (Lipinski definition) is 1. The molecule has 2 heterocycles. The van der Waals surface area contributed by atoms with Gasteiger partial charge in [-0.25, -0.2) is 0 Å². The smallest absolute Gasteiger partial charge is 0.310 e. The quantitative estimate of drug-likeness (QED) is 0.304. The molecule has 11 heteroatoms. The van der Waals surface area contributed by atoms with Gasteiger partial charge in [-0.3, -0.25) is 24.0 Å². The summed E-state index contributed by atoms with van der Waals surface area (Å²) in [5, 5.41) is 13.2. The Kier molecular flexibility index (Phi) is 7.66. The molecule has 10 atom stereocenters. The number of aliphatic hydroxyl groups is 1. The minimum Gasteiger partial charge on any atom is -0.472 e. The van der Waals surface area contributed by atoms with Crippen molar-refractivity contribution in [1.82, 2.24) is 0 Å². The maximum Gasteiger partial charge on any atom is 0.310 e. The molecule has 0 amide bonds. The van der Waals surface area contributed by atoms with E-state index in [1.54, 1.807) is 26.8 Å². The predicted molar refractivity (Wildman–Crippen MR) is 164 cm³/mol. The zero-order valence-electron chi connectivity index (χ0n) is 28.5. The van der Waals surface area contributed by atoms with Gasteiger partial charge >= 0.3 is 23.9 Å². The molecule has 0 spiro atoms. The highest BCUT2D eigenvalue weighted by Gasteiger charge is 2.92. The Balaban J connectivity index is 1.65. The molecule has 10 unspecified atom stereocenters. The van der Waals surface area contributed by atoms with E-state index in [0.29, 0.717) is 30.4 Å². The first-order valence-electron chi connectivity index (χ1n) is 16.7. The summed E-state index contributed by atoms with van der Waals surface area (Å²) in [6.07, 6.45) is 1.89. The van der Waals surface area contributed by atoms with Gasteiger partial charge in [-0.1, -0.05) is 48.5 Å². The van der Waals surface area contributed by atoms with E-state index < -0.39 is 93.0 Å². The molecule has 2 bridgehead atoms. The van der Waals surface area contributed by atoms with Gasteiger partial charge in [0.1, 0.15) is 12.2 Å². The molecular weight excluding hydrogens is 608 g/mol. The number of cyclic esters (lactones) is 1. The van der Waals surface area contributed by atoms with E-state index in [4.69, 9.17) is 23.4 Å². The fraction of sp³-hybridized carbons (Fsp3) is 0.694. The number of ether oxygens (including phenoxy) is 4. The second-order valence-corrected chi connectivity index (χ2v) is 15.4. The van der Waals surface area contributed by atoms with Crippen molar-refractivity contribution >= 4 is 29.7 Å². The van der Waals surface area contributed by atoms with E-state index in [-0.39, 0.29) is 24.8 Å². The summed E-state index contributed by atoms with van der Waals surface area (Å²) in [6, 6.07) is 1.72. The second kappa shape index (κ2) is 10.8. The molecule has 11 nitrogen and oxygen atoms in total. The minimum absolute atomic E-state index is 0.00657. The fourth-order valence-electron chi connectivity index (χ4n) is 10.2. The molecule has 1 N–H and O–H groups in total. The van der Waals surface area contributed by atoms with Crippen LogP contribution in [0, 0.1) is 39.9 Å². The molecule has 4 fully saturated rings. The van der Waals surface area contributed by atoms with Crippen molar-refractivity contribution in [2.45, 2.75) is 110 Å². The second-order valence-electron chi connectivity index (χ2n) is 15.4. The van der Waals surface area contributed by atoms with E-state index in [9.17, 15) is 24.3 Å². The normalized spacial score (nSPS) is 40.8. The molecule has 6 rings (SSSR count). The summed E-state index contributed by atoms with van der Waals surface area (Å²) in [5.74, 6) is -5.36. The summed E-state index contributed by atoms with van der Waals surface area (Å²) in [5.41, 5.74) is -6.06. The number of carbonyl (C=O) groups is 5. The molecule has 256 valence electrons. The summed E-state index contributed by atoms with van der Waals surface area (Å²) >= 11 is 0. The molecule has 1 aromatic heterocycles. The molecule has 0 aromatic carbocycles. The number of fused-ring (bicyclic) bond motifs is 4. The topological polar surface area (TPSA) is 156 Å². The van der Waals surface area contributed by atoms with Crippen molar-refractivity contribution in [1.29, 1.82) is 0 Å². The lowest BCUT2D eigenvalue weighted by atomic mass is 9.41. The molecule has 4 aliphatic carbocycles. The predicted octanol–water partition coefficient (Wildman–Crippen LogP) is 4.80. The SMILES string of the molecule is CCC(C)C(=O)OC1C2(C)CC3(OC(=O)C(C)C)C1(O)C(=O)C1=C4CC(=O)OC(c5ccoc5)C4(C)CCC1C3(C)C2CC(=O)OC. The molecular formula is C36H46O11. The van der Waals surface area contributed by atoms with Crippen molar-refractivity contribution in [2.24, 2.45) is 39.9 Å². The first kappa shape index (κ1) is 33.4. The van der Waals surface area contributed by atoms with E-state index in [0.717, 1.165) is 0 Å². The zero-order chi connectivity index (χ0) is 34.5. The maximum atomic E-state index is 15.3. The number of ketones is 1. The molecule has 5 aliphatic rings. The summed E-state index contributed by atoms with van der Waals surface area (Å²) in [6.45, 7) is 12.5. The average Bonchev–Trinajstić information content (AvgIpc) is 3.68. The van der Waals surface area contributed by atoms with Crippen LogP contribution in [0.2, 0.25) is 0 Å². The van der Waals surface area contributed by atoms with Crippen LogP contribution in [0.3, 0.4) is 0 Å². The van der Waals surface area contributed by atoms with Crippen LogP contribution in [0.15, 0.2) is 34.2 Å². The van der Waals surface area contributed by atoms with Crippen LogP contribution in [0.25, 0.3) is 0 Å². The number of hydrogen-bond acceptors (Lipinski definition) is 11. The maximum absolute atomic E-state index is 15.3. The molecule has 1 aromatic rings. The van der Waals surface area contributed by atoms with Crippen LogP contribution in [0.4, 0.5) is 0 Å². The largest absolute Gasteiger partial charge is 0.472 e. The van der Waals surface area contributed by atoms with E-state index in [1.807, 2.05) is 27.7 Å². The van der Waals surface area contributed by atoms with Gasteiger partial charge in [-0.15, -0.1) is 0 Å². The number of methoxy groups -OCH3 is 1. The Bertz CT molecular complexity index is 1560. The van der Waals surface area contributed by atoms with Gasteiger partial charge in [0.05, 0.1) is 37.9 Å². The standard InChI is InChI=1S/C36H46O11/c1-9-19(4)30(41)46-31-33(6)17-35(47-29(40)18(2)3)34(7,23(33)15-24(37)43-8)21-10-12-32(5)22(26(21)27(39)36(31,35)42)14-25(38)45-28(32)20-11-13-44-16-20/h11,13,16,18-19,21,23,28,31,42H,9-10,12,14-15,17H2,1-8H3. The van der Waals surface area contributed by atoms with Crippen LogP contribution in [0.1, 0.15) is 98.7 Å². The molecule has 47 heavy (non-hydrogen) atoms. The third-order valence-electron chi connectivity index (χ3n) is 12.8. The highest BCUT2D eigenvalue weighted by atomic mass is 16.6. The minimum atomic E-state index is -2.50. The zero-order valence-corrected chi connectivity index (χ0v) is 28.5. The van der Waals surface area contributed by atoms with Gasteiger partial charge in [0.25, 0.3) is 0 Å². The molecule has 3 saturated carbocycles. The Morgan fingerprint density at radius 2 is 1.81 bits per heavy atom.